The summed E-state index contributed by atoms with van der Waals surface area (Å²) in [4.78, 5) is 11.6. The quantitative estimate of drug-likeness (QED) is 0.519. The van der Waals surface area contributed by atoms with E-state index in [1.54, 1.807) is 5.57 Å². The van der Waals surface area contributed by atoms with E-state index in [0.29, 0.717) is 11.3 Å². The predicted octanol–water partition coefficient (Wildman–Crippen LogP) is 4.51. The molecule has 1 spiro atoms. The van der Waals surface area contributed by atoms with E-state index < -0.39 is 0 Å². The molecule has 1 aliphatic heterocycles. The van der Waals surface area contributed by atoms with E-state index in [0.717, 1.165) is 50.2 Å². The summed E-state index contributed by atoms with van der Waals surface area (Å²) in [6, 6.07) is 0. The Kier molecular flexibility index (Phi) is 3.58. The molecule has 5 aliphatic rings. The van der Waals surface area contributed by atoms with Gasteiger partial charge < -0.3 is 14.3 Å². The molecule has 0 amide bonds. The summed E-state index contributed by atoms with van der Waals surface area (Å²) >= 11 is 0. The van der Waals surface area contributed by atoms with Gasteiger partial charge in [0.25, 0.3) is 0 Å². The zero-order valence-corrected chi connectivity index (χ0v) is 15.8. The first-order valence-corrected chi connectivity index (χ1v) is 10.4. The molecule has 0 unspecified atom stereocenters. The Bertz CT molecular complexity index is 604. The minimum absolute atomic E-state index is 0.262. The molecule has 0 aromatic carbocycles. The van der Waals surface area contributed by atoms with Crippen molar-refractivity contribution in [1.82, 2.24) is 0 Å². The monoisotopic (exact) mass is 344 g/mol. The number of hydrogen-bond donors (Lipinski definition) is 0. The molecule has 3 nitrogen and oxygen atoms in total. The van der Waals surface area contributed by atoms with E-state index in [-0.39, 0.29) is 11.2 Å². The minimum atomic E-state index is -0.308. The van der Waals surface area contributed by atoms with Gasteiger partial charge in [0, 0.05) is 18.8 Å². The Morgan fingerprint density at radius 2 is 1.84 bits per heavy atom. The summed E-state index contributed by atoms with van der Waals surface area (Å²) in [7, 11) is 0. The van der Waals surface area contributed by atoms with Crippen molar-refractivity contribution in [1.29, 1.82) is 0 Å². The van der Waals surface area contributed by atoms with Crippen LogP contribution in [-0.4, -0.2) is 25.3 Å². The van der Waals surface area contributed by atoms with Gasteiger partial charge in [0.2, 0.25) is 0 Å². The van der Waals surface area contributed by atoms with Gasteiger partial charge in [-0.1, -0.05) is 25.5 Å². The van der Waals surface area contributed by atoms with Gasteiger partial charge in [0.1, 0.15) is 6.29 Å². The fourth-order valence-electron chi connectivity index (χ4n) is 7.61. The van der Waals surface area contributed by atoms with Gasteiger partial charge in [-0.25, -0.2) is 0 Å². The third-order valence-electron chi connectivity index (χ3n) is 9.16. The van der Waals surface area contributed by atoms with Crippen molar-refractivity contribution in [3.63, 3.8) is 0 Å². The van der Waals surface area contributed by atoms with E-state index >= 15 is 0 Å². The lowest BCUT2D eigenvalue weighted by Gasteiger charge is -2.58. The number of aldehydes is 1. The van der Waals surface area contributed by atoms with E-state index in [1.807, 2.05) is 0 Å². The molecule has 5 rings (SSSR count). The highest BCUT2D eigenvalue weighted by Gasteiger charge is 2.60. The van der Waals surface area contributed by atoms with Crippen molar-refractivity contribution in [2.45, 2.75) is 71.0 Å². The molecule has 0 aromatic rings. The van der Waals surface area contributed by atoms with Gasteiger partial charge in [-0.2, -0.15) is 0 Å². The Morgan fingerprint density at radius 3 is 2.60 bits per heavy atom. The number of carbonyl (C=O) groups is 1. The van der Waals surface area contributed by atoms with E-state index in [4.69, 9.17) is 9.47 Å². The molecule has 3 saturated carbocycles. The van der Waals surface area contributed by atoms with Crippen LogP contribution in [0.25, 0.3) is 0 Å². The summed E-state index contributed by atoms with van der Waals surface area (Å²) in [6.07, 6.45) is 13.2. The number of hydrogen-bond acceptors (Lipinski definition) is 3. The first kappa shape index (κ1) is 16.5. The van der Waals surface area contributed by atoms with Crippen molar-refractivity contribution < 1.29 is 14.3 Å². The summed E-state index contributed by atoms with van der Waals surface area (Å²) in [6.45, 7) is 6.44. The Hall–Kier alpha value is -0.670. The van der Waals surface area contributed by atoms with Gasteiger partial charge >= 0.3 is 0 Å². The van der Waals surface area contributed by atoms with Crippen LogP contribution in [0.15, 0.2) is 11.6 Å². The van der Waals surface area contributed by atoms with Crippen LogP contribution in [0, 0.1) is 34.5 Å². The first-order chi connectivity index (χ1) is 12.0. The lowest BCUT2D eigenvalue weighted by atomic mass is 9.47. The molecular formula is C22H32O3. The molecule has 4 fully saturated rings. The minimum Gasteiger partial charge on any atom is -0.347 e. The number of fused-ring (bicyclic) bond motifs is 5. The topological polar surface area (TPSA) is 35.5 Å². The lowest BCUT2D eigenvalue weighted by Crippen LogP contribution is -2.52. The SMILES string of the molecule is C[C@@]12CC[C@@H]3[C@H](CC=C4CC5(CC[C@@]43C)OCCO5)[C@H]1CC[C@H]2C=O. The van der Waals surface area contributed by atoms with E-state index in [2.05, 4.69) is 19.9 Å². The van der Waals surface area contributed by atoms with E-state index in [1.165, 1.54) is 38.4 Å². The van der Waals surface area contributed by atoms with Crippen LogP contribution in [0.5, 0.6) is 0 Å². The molecule has 3 heteroatoms. The highest BCUT2D eigenvalue weighted by Crippen LogP contribution is 2.66. The van der Waals surface area contributed by atoms with E-state index in [9.17, 15) is 4.79 Å². The first-order valence-electron chi connectivity index (χ1n) is 10.4. The van der Waals surface area contributed by atoms with Crippen LogP contribution >= 0.6 is 0 Å². The van der Waals surface area contributed by atoms with Gasteiger partial charge in [0.15, 0.2) is 5.79 Å². The average molecular weight is 344 g/mol. The van der Waals surface area contributed by atoms with Crippen LogP contribution < -0.4 is 0 Å². The Morgan fingerprint density at radius 1 is 1.04 bits per heavy atom. The molecule has 0 aromatic heterocycles. The lowest BCUT2D eigenvalue weighted by molar-refractivity contribution is -0.185. The van der Waals surface area contributed by atoms with Crippen LogP contribution in [0.3, 0.4) is 0 Å². The Labute approximate surface area is 151 Å². The molecule has 6 atom stereocenters. The summed E-state index contributed by atoms with van der Waals surface area (Å²) < 4.78 is 12.0. The normalized spacial score (nSPS) is 50.7. The third kappa shape index (κ3) is 2.15. The van der Waals surface area contributed by atoms with Crippen molar-refractivity contribution in [2.24, 2.45) is 34.5 Å². The Balaban J connectivity index is 1.45. The standard InChI is InChI=1S/C22H32O3/c1-20-8-7-19-17(18(20)6-4-16(20)14-23)5-3-15-13-22(24-11-12-25-22)10-9-21(15,19)2/h3,14,16-19H,4-13H2,1-2H3/t16-,17+,18+,19+,20-,21-/m0/s1. The molecule has 138 valence electrons. The highest BCUT2D eigenvalue weighted by molar-refractivity contribution is 5.56. The van der Waals surface area contributed by atoms with Crippen molar-refractivity contribution >= 4 is 6.29 Å². The number of carbonyl (C=O) groups excluding carboxylic acids is 1. The van der Waals surface area contributed by atoms with Crippen molar-refractivity contribution in [2.75, 3.05) is 13.2 Å². The number of rotatable bonds is 1. The van der Waals surface area contributed by atoms with Crippen molar-refractivity contribution in [3.05, 3.63) is 11.6 Å². The molecule has 4 aliphatic carbocycles. The van der Waals surface area contributed by atoms with Crippen LogP contribution in [0.4, 0.5) is 0 Å². The predicted molar refractivity (Wildman–Crippen MR) is 95.9 cm³/mol. The largest absolute Gasteiger partial charge is 0.347 e. The molecular weight excluding hydrogens is 312 g/mol. The summed E-state index contributed by atoms with van der Waals surface area (Å²) in [5.74, 6) is 2.29. The molecule has 0 radical (unpaired) electrons. The second-order valence-electron chi connectivity index (χ2n) is 9.91. The molecule has 1 saturated heterocycles. The number of allylic oxidation sites excluding steroid dienone is 1. The van der Waals surface area contributed by atoms with Crippen LogP contribution in [-0.2, 0) is 14.3 Å². The smallest absolute Gasteiger partial charge is 0.172 e. The molecule has 1 heterocycles. The molecule has 0 bridgehead atoms. The average Bonchev–Trinajstić information content (AvgIpc) is 3.19. The zero-order chi connectivity index (χ0) is 17.3. The van der Waals surface area contributed by atoms with Gasteiger partial charge in [-0.05, 0) is 67.1 Å². The maximum atomic E-state index is 11.6. The summed E-state index contributed by atoms with van der Waals surface area (Å²) in [5, 5.41) is 0. The number of ether oxygens (including phenoxy) is 2. The maximum Gasteiger partial charge on any atom is 0.172 e. The fraction of sp³-hybridized carbons (Fsp3) is 0.864. The van der Waals surface area contributed by atoms with Gasteiger partial charge in [0.05, 0.1) is 13.2 Å². The summed E-state index contributed by atoms with van der Waals surface area (Å²) in [5.41, 5.74) is 2.19. The van der Waals surface area contributed by atoms with Crippen molar-refractivity contribution in [3.8, 4) is 0 Å². The van der Waals surface area contributed by atoms with Crippen LogP contribution in [0.1, 0.15) is 65.2 Å². The van der Waals surface area contributed by atoms with Gasteiger partial charge in [-0.15, -0.1) is 0 Å². The highest BCUT2D eigenvalue weighted by atomic mass is 16.7. The second-order valence-corrected chi connectivity index (χ2v) is 9.91. The van der Waals surface area contributed by atoms with Gasteiger partial charge in [-0.3, -0.25) is 0 Å². The van der Waals surface area contributed by atoms with Crippen LogP contribution in [0.2, 0.25) is 0 Å². The third-order valence-corrected chi connectivity index (χ3v) is 9.16. The molecule has 25 heavy (non-hydrogen) atoms. The second kappa shape index (κ2) is 5.42. The molecule has 0 N–H and O–H groups in total. The fourth-order valence-corrected chi connectivity index (χ4v) is 7.61. The maximum absolute atomic E-state index is 11.6. The zero-order valence-electron chi connectivity index (χ0n) is 15.8.